The Labute approximate surface area is 664 Å². The maximum absolute atomic E-state index is 13.2. The molecule has 0 saturated carbocycles. The minimum atomic E-state index is -4.97. The predicted octanol–water partition coefficient (Wildman–Crippen LogP) is 27.4. The fraction of sp³-hybridized carbons (Fsp3) is 0.955. The van der Waals surface area contributed by atoms with E-state index in [2.05, 4.69) is 41.5 Å². The summed E-state index contributed by atoms with van der Waals surface area (Å²) < 4.78 is 69.0. The van der Waals surface area contributed by atoms with Crippen molar-refractivity contribution in [2.45, 2.75) is 496 Å². The third-order valence-electron chi connectivity index (χ3n) is 21.3. The molecule has 17 nitrogen and oxygen atoms in total. The highest BCUT2D eigenvalue weighted by atomic mass is 31.2. The van der Waals surface area contributed by atoms with Crippen LogP contribution in [0.4, 0.5) is 0 Å². The van der Waals surface area contributed by atoms with Crippen molar-refractivity contribution in [2.24, 2.45) is 11.8 Å². The van der Waals surface area contributed by atoms with Crippen LogP contribution >= 0.6 is 15.6 Å². The van der Waals surface area contributed by atoms with E-state index in [0.717, 1.165) is 102 Å². The summed E-state index contributed by atoms with van der Waals surface area (Å²) in [6.45, 7) is 9.70. The quantitative estimate of drug-likeness (QED) is 0.0222. The lowest BCUT2D eigenvalue weighted by Gasteiger charge is -2.21. The maximum atomic E-state index is 13.2. The number of aliphatic hydroxyl groups is 1. The van der Waals surface area contributed by atoms with Gasteiger partial charge in [0.25, 0.3) is 0 Å². The zero-order valence-corrected chi connectivity index (χ0v) is 73.0. The molecule has 3 unspecified atom stereocenters. The number of hydrogen-bond acceptors (Lipinski definition) is 15. The van der Waals surface area contributed by atoms with Crippen molar-refractivity contribution >= 4 is 39.5 Å². The van der Waals surface area contributed by atoms with Crippen LogP contribution in [0.1, 0.15) is 478 Å². The molecule has 0 aromatic heterocycles. The van der Waals surface area contributed by atoms with Crippen molar-refractivity contribution in [3.05, 3.63) is 0 Å². The van der Waals surface area contributed by atoms with Gasteiger partial charge in [0, 0.05) is 25.7 Å². The van der Waals surface area contributed by atoms with E-state index in [1.165, 1.54) is 295 Å². The number of unbranched alkanes of at least 4 members (excludes halogenated alkanes) is 57. The summed E-state index contributed by atoms with van der Waals surface area (Å²) in [6.07, 6.45) is 73.7. The van der Waals surface area contributed by atoms with Crippen LogP contribution in [0.25, 0.3) is 0 Å². The van der Waals surface area contributed by atoms with Crippen molar-refractivity contribution in [3.8, 4) is 0 Å². The number of rotatable bonds is 88. The highest BCUT2D eigenvalue weighted by Crippen LogP contribution is 2.45. The smallest absolute Gasteiger partial charge is 0.462 e. The number of hydrogen-bond donors (Lipinski definition) is 3. The van der Waals surface area contributed by atoms with Gasteiger partial charge >= 0.3 is 39.5 Å². The Morgan fingerprint density at radius 1 is 0.269 bits per heavy atom. The summed E-state index contributed by atoms with van der Waals surface area (Å²) in [5, 5.41) is 10.7. The fourth-order valence-corrected chi connectivity index (χ4v) is 15.5. The number of ether oxygens (including phenoxy) is 4. The molecule has 0 spiro atoms. The van der Waals surface area contributed by atoms with E-state index in [0.29, 0.717) is 25.7 Å². The molecule has 0 saturated heterocycles. The predicted molar refractivity (Wildman–Crippen MR) is 446 cm³/mol. The van der Waals surface area contributed by atoms with E-state index in [9.17, 15) is 43.2 Å². The summed E-state index contributed by atoms with van der Waals surface area (Å²) in [6, 6.07) is 0. The van der Waals surface area contributed by atoms with Crippen LogP contribution in [0.15, 0.2) is 0 Å². The first-order chi connectivity index (χ1) is 52.4. The molecule has 0 aliphatic heterocycles. The Hall–Kier alpha value is -1.94. The van der Waals surface area contributed by atoms with Gasteiger partial charge in [0.15, 0.2) is 12.2 Å². The normalized spacial score (nSPS) is 14.0. The second kappa shape index (κ2) is 80.3. The average molecular weight is 1580 g/mol. The molecule has 0 aromatic carbocycles. The number of aliphatic hydroxyl groups excluding tert-OH is 1. The second-order valence-electron chi connectivity index (χ2n) is 32.7. The van der Waals surface area contributed by atoms with Crippen molar-refractivity contribution in [1.82, 2.24) is 0 Å². The minimum absolute atomic E-state index is 0.107. The second-order valence-corrected chi connectivity index (χ2v) is 35.6. The highest BCUT2D eigenvalue weighted by Gasteiger charge is 2.31. The Morgan fingerprint density at radius 2 is 0.472 bits per heavy atom. The SMILES string of the molecule is CCCCCCCCCCCCCCCCCCCCCCCCC(=O)O[C@H](COC(=O)CCCCCCCCCCCCCCCCCCCCC)COP(=O)(O)OC[C@@H](O)COP(=O)(O)OC[C@@H](COC(=O)CCCCCCCCCCC(C)CC)OC(=O)CCCCCCCCCCCCCCC(C)C. The lowest BCUT2D eigenvalue weighted by atomic mass is 9.99. The van der Waals surface area contributed by atoms with Gasteiger partial charge in [-0.1, -0.05) is 427 Å². The molecule has 0 rings (SSSR count). The van der Waals surface area contributed by atoms with Gasteiger partial charge in [0.1, 0.15) is 19.3 Å². The van der Waals surface area contributed by atoms with Crippen LogP contribution in [0.5, 0.6) is 0 Å². The molecule has 3 N–H and O–H groups in total. The van der Waals surface area contributed by atoms with Crippen LogP contribution in [0, 0.1) is 11.8 Å². The van der Waals surface area contributed by atoms with Gasteiger partial charge in [-0.05, 0) is 37.5 Å². The highest BCUT2D eigenvalue weighted by molar-refractivity contribution is 7.47. The van der Waals surface area contributed by atoms with E-state index < -0.39 is 97.5 Å². The van der Waals surface area contributed by atoms with Crippen LogP contribution < -0.4 is 0 Å². The molecule has 6 atom stereocenters. The van der Waals surface area contributed by atoms with Gasteiger partial charge in [-0.3, -0.25) is 37.3 Å². The molecule has 0 heterocycles. The standard InChI is InChI=1S/C89H174O17P2/c1-7-10-12-14-16-18-20-22-24-26-28-29-30-32-34-36-38-43-47-55-61-67-73-88(93)105-84(77-99-86(91)71-65-59-53-46-42-37-35-33-31-27-25-23-21-19-17-15-13-11-8-2)79-103-107(95,96)101-75-83(90)76-102-108(97,98)104-80-85(78-100-87(92)72-66-60-54-50-49-52-58-64-70-82(6)9-3)106-89(94)74-68-62-56-48-44-40-39-41-45-51-57-63-69-81(4)5/h81-85,90H,7-80H2,1-6H3,(H,95,96)(H,97,98)/t82?,83-,84-,85-/m1/s1. The Bertz CT molecular complexity index is 2070. The molecule has 642 valence electrons. The summed E-state index contributed by atoms with van der Waals surface area (Å²) in [5.41, 5.74) is 0. The molecule has 0 amide bonds. The monoisotopic (exact) mass is 1580 g/mol. The van der Waals surface area contributed by atoms with E-state index in [-0.39, 0.29) is 25.7 Å². The Kier molecular flexibility index (Phi) is 78.8. The van der Waals surface area contributed by atoms with Gasteiger partial charge in [-0.2, -0.15) is 0 Å². The molecule has 0 aliphatic carbocycles. The summed E-state index contributed by atoms with van der Waals surface area (Å²) in [5.74, 6) is -0.546. The molecule has 0 bridgehead atoms. The lowest BCUT2D eigenvalue weighted by molar-refractivity contribution is -0.161. The lowest BCUT2D eigenvalue weighted by Crippen LogP contribution is -2.30. The third kappa shape index (κ3) is 80.7. The topological polar surface area (TPSA) is 237 Å². The molecular weight excluding hydrogens is 1400 g/mol. The van der Waals surface area contributed by atoms with Crippen molar-refractivity contribution in [2.75, 3.05) is 39.6 Å². The van der Waals surface area contributed by atoms with Crippen molar-refractivity contribution in [3.63, 3.8) is 0 Å². The first kappa shape index (κ1) is 106. The first-order valence-corrected chi connectivity index (χ1v) is 49.0. The van der Waals surface area contributed by atoms with Gasteiger partial charge in [0.2, 0.25) is 0 Å². The van der Waals surface area contributed by atoms with Crippen molar-refractivity contribution < 1.29 is 80.2 Å². The molecular formula is C89H174O17P2. The van der Waals surface area contributed by atoms with Gasteiger partial charge < -0.3 is 33.8 Å². The van der Waals surface area contributed by atoms with Gasteiger partial charge in [-0.25, -0.2) is 9.13 Å². The first-order valence-electron chi connectivity index (χ1n) is 46.0. The van der Waals surface area contributed by atoms with Crippen LogP contribution in [0.3, 0.4) is 0 Å². The van der Waals surface area contributed by atoms with Crippen LogP contribution in [-0.2, 0) is 65.4 Å². The summed E-state index contributed by atoms with van der Waals surface area (Å²) in [4.78, 5) is 73.3. The molecule has 108 heavy (non-hydrogen) atoms. The molecule has 0 radical (unpaired) electrons. The number of esters is 4. The molecule has 0 fully saturated rings. The van der Waals surface area contributed by atoms with Gasteiger partial charge in [-0.15, -0.1) is 0 Å². The zero-order chi connectivity index (χ0) is 79.2. The number of phosphoric acid groups is 2. The number of carbonyl (C=O) groups excluding carboxylic acids is 4. The zero-order valence-electron chi connectivity index (χ0n) is 71.2. The number of carbonyl (C=O) groups is 4. The maximum Gasteiger partial charge on any atom is 0.472 e. The fourth-order valence-electron chi connectivity index (χ4n) is 13.9. The number of phosphoric ester groups is 2. The molecule has 0 aromatic rings. The Balaban J connectivity index is 5.24. The molecule has 0 aliphatic rings. The van der Waals surface area contributed by atoms with Crippen molar-refractivity contribution in [1.29, 1.82) is 0 Å². The average Bonchev–Trinajstić information content (AvgIpc) is 0.900. The van der Waals surface area contributed by atoms with Crippen LogP contribution in [0.2, 0.25) is 0 Å². The third-order valence-corrected chi connectivity index (χ3v) is 23.2. The van der Waals surface area contributed by atoms with Crippen LogP contribution in [-0.4, -0.2) is 96.7 Å². The Morgan fingerprint density at radius 3 is 0.704 bits per heavy atom. The van der Waals surface area contributed by atoms with E-state index in [1.807, 2.05) is 0 Å². The van der Waals surface area contributed by atoms with Gasteiger partial charge in [0.05, 0.1) is 26.4 Å². The largest absolute Gasteiger partial charge is 0.472 e. The summed E-state index contributed by atoms with van der Waals surface area (Å²) in [7, 11) is -9.93. The molecule has 19 heteroatoms. The van der Waals surface area contributed by atoms with E-state index in [4.69, 9.17) is 37.0 Å². The van der Waals surface area contributed by atoms with E-state index >= 15 is 0 Å². The summed E-state index contributed by atoms with van der Waals surface area (Å²) >= 11 is 0. The minimum Gasteiger partial charge on any atom is -0.462 e. The van der Waals surface area contributed by atoms with E-state index in [1.54, 1.807) is 0 Å².